The summed E-state index contributed by atoms with van der Waals surface area (Å²) in [7, 11) is 0. The zero-order chi connectivity index (χ0) is 28.5. The Hall–Kier alpha value is -3.45. The van der Waals surface area contributed by atoms with Crippen LogP contribution in [0.2, 0.25) is 5.02 Å². The van der Waals surface area contributed by atoms with Crippen molar-refractivity contribution in [3.05, 3.63) is 86.0 Å². The highest BCUT2D eigenvalue weighted by atomic mass is 35.5. The number of hydrogen-bond acceptors (Lipinski definition) is 4. The minimum absolute atomic E-state index is 0.0444. The van der Waals surface area contributed by atoms with Crippen LogP contribution in [0.25, 0.3) is 11.4 Å². The molecule has 0 saturated heterocycles. The zero-order valence-electron chi connectivity index (χ0n) is 19.7. The van der Waals surface area contributed by atoms with Gasteiger partial charge < -0.3 is 15.0 Å². The van der Waals surface area contributed by atoms with E-state index in [-0.39, 0.29) is 18.8 Å². The first-order valence-corrected chi connectivity index (χ1v) is 11.8. The number of nitrogens with one attached hydrogen (secondary N) is 2. The molecule has 3 aromatic rings. The molecule has 1 amide bonds. The van der Waals surface area contributed by atoms with Crippen LogP contribution in [0.1, 0.15) is 35.2 Å². The lowest BCUT2D eigenvalue weighted by molar-refractivity contribution is -0.141. The lowest BCUT2D eigenvalue weighted by Gasteiger charge is -2.34. The van der Waals surface area contributed by atoms with Gasteiger partial charge in [0.05, 0.1) is 23.8 Å². The fourth-order valence-corrected chi connectivity index (χ4v) is 4.20. The number of ether oxygens (including phenoxy) is 1. The largest absolute Gasteiger partial charge is 0.433 e. The summed E-state index contributed by atoms with van der Waals surface area (Å²) in [6.07, 6.45) is -9.87. The van der Waals surface area contributed by atoms with Crippen LogP contribution < -0.4 is 10.9 Å². The summed E-state index contributed by atoms with van der Waals surface area (Å²) in [5.74, 6) is -3.81. The Labute approximate surface area is 221 Å². The van der Waals surface area contributed by atoms with Crippen molar-refractivity contribution in [1.82, 2.24) is 15.3 Å². The molecule has 1 aromatic heterocycles. The highest BCUT2D eigenvalue weighted by Gasteiger charge is 2.39. The molecule has 1 fully saturated rings. The minimum Gasteiger partial charge on any atom is -0.373 e. The SMILES string of the molecule is O=C(NCc1ccc(C(F)(F)F)c(-c2nc(C(F)(F)F)cc(=O)[nH]2)c1F)C1CC(OCc2ccccc2Cl)C1. The fourth-order valence-electron chi connectivity index (χ4n) is 4.01. The second kappa shape index (κ2) is 11.0. The van der Waals surface area contributed by atoms with Gasteiger partial charge in [-0.25, -0.2) is 9.37 Å². The van der Waals surface area contributed by atoms with E-state index in [4.69, 9.17) is 16.3 Å². The van der Waals surface area contributed by atoms with Gasteiger partial charge in [-0.3, -0.25) is 9.59 Å². The standard InChI is InChI=1S/C25H19ClF7N3O3/c26-17-4-2-1-3-13(17)11-39-15-7-14(8-15)23(38)34-10-12-5-6-16(24(28,29)30)20(21(12)27)22-35-18(25(31,32)33)9-19(37)36-22/h1-6,9,14-15H,7-8,10-11H2,(H,34,38)(H,35,36,37). The molecular formula is C25H19ClF7N3O3. The summed E-state index contributed by atoms with van der Waals surface area (Å²) in [6.45, 7) is -0.315. The van der Waals surface area contributed by atoms with Crippen LogP contribution in [0.3, 0.4) is 0 Å². The van der Waals surface area contributed by atoms with Crippen molar-refractivity contribution in [3.63, 3.8) is 0 Å². The Morgan fingerprint density at radius 2 is 1.74 bits per heavy atom. The quantitative estimate of drug-likeness (QED) is 0.344. The van der Waals surface area contributed by atoms with Crippen LogP contribution in [0.5, 0.6) is 0 Å². The smallest absolute Gasteiger partial charge is 0.373 e. The number of carbonyl (C=O) groups excluding carboxylic acids is 1. The molecule has 1 heterocycles. The normalized spacial score (nSPS) is 17.5. The van der Waals surface area contributed by atoms with E-state index in [0.29, 0.717) is 23.9 Å². The first kappa shape index (κ1) is 28.6. The molecule has 0 aliphatic heterocycles. The summed E-state index contributed by atoms with van der Waals surface area (Å²) < 4.78 is 101. The predicted octanol–water partition coefficient (Wildman–Crippen LogP) is 5.88. The Balaban J connectivity index is 1.47. The van der Waals surface area contributed by atoms with Gasteiger partial charge in [-0.05, 0) is 30.5 Å². The first-order chi connectivity index (χ1) is 18.2. The van der Waals surface area contributed by atoms with Crippen molar-refractivity contribution in [3.8, 4) is 11.4 Å². The molecule has 0 unspecified atom stereocenters. The average molecular weight is 578 g/mol. The molecule has 4 rings (SSSR count). The van der Waals surface area contributed by atoms with E-state index in [1.54, 1.807) is 29.2 Å². The first-order valence-electron chi connectivity index (χ1n) is 11.4. The van der Waals surface area contributed by atoms with E-state index in [9.17, 15) is 35.9 Å². The maximum Gasteiger partial charge on any atom is 0.433 e. The van der Waals surface area contributed by atoms with Crippen LogP contribution in [0.15, 0.2) is 47.3 Å². The van der Waals surface area contributed by atoms with Crippen LogP contribution in [-0.4, -0.2) is 22.0 Å². The van der Waals surface area contributed by atoms with Gasteiger partial charge >= 0.3 is 12.4 Å². The Kier molecular flexibility index (Phi) is 8.03. The highest BCUT2D eigenvalue weighted by molar-refractivity contribution is 6.31. The summed E-state index contributed by atoms with van der Waals surface area (Å²) in [5.41, 5.74) is -5.89. The number of nitrogens with zero attached hydrogens (tertiary/aromatic N) is 1. The Morgan fingerprint density at radius 1 is 1.05 bits per heavy atom. The number of amides is 1. The number of rotatable bonds is 7. The van der Waals surface area contributed by atoms with Crippen LogP contribution in [0, 0.1) is 11.7 Å². The molecule has 1 aliphatic carbocycles. The predicted molar refractivity (Wildman–Crippen MR) is 125 cm³/mol. The lowest BCUT2D eigenvalue weighted by Crippen LogP contribution is -2.42. The van der Waals surface area contributed by atoms with E-state index >= 15 is 4.39 Å². The molecule has 0 bridgehead atoms. The number of aromatic nitrogens is 2. The van der Waals surface area contributed by atoms with E-state index in [1.165, 1.54) is 0 Å². The molecular weight excluding hydrogens is 559 g/mol. The van der Waals surface area contributed by atoms with Gasteiger partial charge in [0.1, 0.15) is 11.6 Å². The minimum atomic E-state index is -5.18. The van der Waals surface area contributed by atoms with E-state index in [2.05, 4.69) is 10.3 Å². The Bertz CT molecular complexity index is 1430. The zero-order valence-corrected chi connectivity index (χ0v) is 20.5. The van der Waals surface area contributed by atoms with Crippen molar-refractivity contribution in [2.75, 3.05) is 0 Å². The van der Waals surface area contributed by atoms with Crippen molar-refractivity contribution in [2.24, 2.45) is 5.92 Å². The van der Waals surface area contributed by atoms with Crippen molar-refractivity contribution in [1.29, 1.82) is 0 Å². The summed E-state index contributed by atoms with van der Waals surface area (Å²) in [5, 5.41) is 2.96. The third-order valence-corrected chi connectivity index (χ3v) is 6.52. The number of halogens is 8. The summed E-state index contributed by atoms with van der Waals surface area (Å²) in [4.78, 5) is 29.0. The van der Waals surface area contributed by atoms with Gasteiger partial charge in [0.2, 0.25) is 5.91 Å². The van der Waals surface area contributed by atoms with E-state index < -0.39 is 70.3 Å². The van der Waals surface area contributed by atoms with E-state index in [0.717, 1.165) is 11.6 Å². The molecule has 0 atom stereocenters. The van der Waals surface area contributed by atoms with Gasteiger partial charge in [0.15, 0.2) is 5.69 Å². The van der Waals surface area contributed by atoms with Crippen molar-refractivity contribution in [2.45, 2.75) is 44.4 Å². The van der Waals surface area contributed by atoms with Gasteiger partial charge in [0.25, 0.3) is 5.56 Å². The highest BCUT2D eigenvalue weighted by Crippen LogP contribution is 2.39. The molecule has 0 spiro atoms. The fraction of sp³-hybridized carbons (Fsp3) is 0.320. The van der Waals surface area contributed by atoms with Crippen LogP contribution in [-0.2, 0) is 35.0 Å². The topological polar surface area (TPSA) is 84.1 Å². The molecule has 6 nitrogen and oxygen atoms in total. The Morgan fingerprint density at radius 3 is 2.38 bits per heavy atom. The van der Waals surface area contributed by atoms with Gasteiger partial charge in [-0.15, -0.1) is 0 Å². The number of carbonyl (C=O) groups is 1. The molecule has 39 heavy (non-hydrogen) atoms. The number of aromatic amines is 1. The van der Waals surface area contributed by atoms with E-state index in [1.807, 2.05) is 0 Å². The third-order valence-electron chi connectivity index (χ3n) is 6.15. The molecule has 0 radical (unpaired) electrons. The van der Waals surface area contributed by atoms with Crippen molar-refractivity contribution < 1.29 is 40.3 Å². The summed E-state index contributed by atoms with van der Waals surface area (Å²) >= 11 is 6.07. The molecule has 1 saturated carbocycles. The second-order valence-electron chi connectivity index (χ2n) is 8.85. The summed E-state index contributed by atoms with van der Waals surface area (Å²) in [6, 6.07) is 8.32. The maximum absolute atomic E-state index is 15.3. The number of hydrogen-bond donors (Lipinski definition) is 2. The number of alkyl halides is 6. The van der Waals surface area contributed by atoms with Crippen molar-refractivity contribution >= 4 is 17.5 Å². The van der Waals surface area contributed by atoms with Gasteiger partial charge in [-0.2, -0.15) is 26.3 Å². The molecule has 208 valence electrons. The molecule has 14 heteroatoms. The number of H-pyrrole nitrogens is 1. The second-order valence-corrected chi connectivity index (χ2v) is 9.25. The van der Waals surface area contributed by atoms with Gasteiger partial charge in [-0.1, -0.05) is 35.9 Å². The molecule has 2 aromatic carbocycles. The van der Waals surface area contributed by atoms with Crippen LogP contribution in [0.4, 0.5) is 30.7 Å². The molecule has 2 N–H and O–H groups in total. The van der Waals surface area contributed by atoms with Gasteiger partial charge in [0, 0.05) is 29.1 Å². The average Bonchev–Trinajstić information content (AvgIpc) is 2.81. The lowest BCUT2D eigenvalue weighted by atomic mass is 9.81. The van der Waals surface area contributed by atoms with Crippen LogP contribution >= 0.6 is 11.6 Å². The molecule has 1 aliphatic rings. The maximum atomic E-state index is 15.3. The third kappa shape index (κ3) is 6.59. The monoisotopic (exact) mass is 577 g/mol. The number of benzene rings is 2.